The minimum absolute atomic E-state index is 0.0349. The number of hydrogen-bond acceptors (Lipinski definition) is 6. The van der Waals surface area contributed by atoms with E-state index in [-0.39, 0.29) is 17.3 Å². The molecule has 0 radical (unpaired) electrons. The van der Waals surface area contributed by atoms with Crippen LogP contribution in [0.2, 0.25) is 5.02 Å². The van der Waals surface area contributed by atoms with Gasteiger partial charge in [-0.25, -0.2) is 14.4 Å². The van der Waals surface area contributed by atoms with Crippen LogP contribution in [0.4, 0.5) is 33.1 Å². The molecule has 0 amide bonds. The van der Waals surface area contributed by atoms with E-state index in [4.69, 9.17) is 11.6 Å². The molecule has 0 atom stereocenters. The zero-order chi connectivity index (χ0) is 18.7. The summed E-state index contributed by atoms with van der Waals surface area (Å²) in [5, 5.41) is 17.5. The second-order valence-electron chi connectivity index (χ2n) is 5.06. The first kappa shape index (κ1) is 18.0. The fourth-order valence-electron chi connectivity index (χ4n) is 2.12. The number of nitrogens with one attached hydrogen (secondary N) is 2. The van der Waals surface area contributed by atoms with Gasteiger partial charge < -0.3 is 10.6 Å². The average molecular weight is 439 g/mol. The van der Waals surface area contributed by atoms with Crippen LogP contribution in [0, 0.1) is 15.9 Å². The molecule has 0 aliphatic heterocycles. The average Bonchev–Trinajstić information content (AvgIpc) is 2.59. The Labute approximate surface area is 160 Å². The van der Waals surface area contributed by atoms with Gasteiger partial charge >= 0.3 is 5.69 Å². The topological polar surface area (TPSA) is 93.0 Å². The lowest BCUT2D eigenvalue weighted by Gasteiger charge is -2.11. The predicted octanol–water partition coefficient (Wildman–Crippen LogP) is 5.43. The standard InChI is InChI=1S/C16H10BrClFN5O2/c17-9-1-6-13(12(19)7-9)23-16-14(24(25)26)15(20-8-21-16)22-11-4-2-10(18)3-5-11/h1-8H,(H2,20,21,22,23). The van der Waals surface area contributed by atoms with Gasteiger partial charge in [0.05, 0.1) is 10.6 Å². The number of nitro groups is 1. The molecule has 7 nitrogen and oxygen atoms in total. The summed E-state index contributed by atoms with van der Waals surface area (Å²) in [6, 6.07) is 10.8. The van der Waals surface area contributed by atoms with Crippen molar-refractivity contribution in [3.05, 3.63) is 74.2 Å². The van der Waals surface area contributed by atoms with Crippen molar-refractivity contribution in [3.63, 3.8) is 0 Å². The molecule has 3 rings (SSSR count). The van der Waals surface area contributed by atoms with Crippen LogP contribution in [0.3, 0.4) is 0 Å². The fourth-order valence-corrected chi connectivity index (χ4v) is 2.58. The highest BCUT2D eigenvalue weighted by Gasteiger charge is 2.24. The number of benzene rings is 2. The van der Waals surface area contributed by atoms with Gasteiger partial charge in [-0.2, -0.15) is 0 Å². The van der Waals surface area contributed by atoms with E-state index in [1.807, 2.05) is 0 Å². The Morgan fingerprint density at radius 1 is 1.08 bits per heavy atom. The van der Waals surface area contributed by atoms with Crippen molar-refractivity contribution in [2.75, 3.05) is 10.6 Å². The second-order valence-corrected chi connectivity index (χ2v) is 6.41. The lowest BCUT2D eigenvalue weighted by atomic mass is 10.3. The van der Waals surface area contributed by atoms with E-state index in [1.54, 1.807) is 30.3 Å². The van der Waals surface area contributed by atoms with Crippen molar-refractivity contribution < 1.29 is 9.31 Å². The van der Waals surface area contributed by atoms with E-state index in [0.717, 1.165) is 6.33 Å². The predicted molar refractivity (Wildman–Crippen MR) is 101 cm³/mol. The van der Waals surface area contributed by atoms with E-state index in [2.05, 4.69) is 36.5 Å². The van der Waals surface area contributed by atoms with Crippen molar-refractivity contribution in [2.45, 2.75) is 0 Å². The van der Waals surface area contributed by atoms with Gasteiger partial charge in [0, 0.05) is 15.2 Å². The molecule has 1 heterocycles. The number of rotatable bonds is 5. The number of halogens is 3. The van der Waals surface area contributed by atoms with Gasteiger partial charge in [-0.15, -0.1) is 0 Å². The highest BCUT2D eigenvalue weighted by molar-refractivity contribution is 9.10. The van der Waals surface area contributed by atoms with Crippen LogP contribution in [0.25, 0.3) is 0 Å². The van der Waals surface area contributed by atoms with Crippen molar-refractivity contribution in [1.29, 1.82) is 0 Å². The third-order valence-corrected chi connectivity index (χ3v) is 4.04. The maximum Gasteiger partial charge on any atom is 0.353 e. The lowest BCUT2D eigenvalue weighted by molar-refractivity contribution is -0.383. The van der Waals surface area contributed by atoms with Gasteiger partial charge in [-0.3, -0.25) is 10.1 Å². The Hall–Kier alpha value is -2.78. The maximum atomic E-state index is 14.0. The van der Waals surface area contributed by atoms with E-state index in [9.17, 15) is 14.5 Å². The van der Waals surface area contributed by atoms with Crippen molar-refractivity contribution >= 4 is 56.2 Å². The molecule has 0 aliphatic carbocycles. The maximum absolute atomic E-state index is 14.0. The first-order valence-electron chi connectivity index (χ1n) is 7.18. The Kier molecular flexibility index (Phi) is 5.29. The zero-order valence-electron chi connectivity index (χ0n) is 12.9. The Balaban J connectivity index is 1.98. The molecule has 2 aromatic carbocycles. The fraction of sp³-hybridized carbons (Fsp3) is 0. The molecule has 0 bridgehead atoms. The summed E-state index contributed by atoms with van der Waals surface area (Å²) >= 11 is 8.98. The number of nitrogens with zero attached hydrogens (tertiary/aromatic N) is 3. The molecule has 0 fully saturated rings. The molecular weight excluding hydrogens is 429 g/mol. The smallest absolute Gasteiger partial charge is 0.334 e. The summed E-state index contributed by atoms with van der Waals surface area (Å²) in [6.07, 6.45) is 1.14. The SMILES string of the molecule is O=[N+]([O-])c1c(Nc2ccc(Cl)cc2)ncnc1Nc1ccc(Br)cc1F. The van der Waals surface area contributed by atoms with Crippen LogP contribution in [-0.2, 0) is 0 Å². The van der Waals surface area contributed by atoms with E-state index >= 15 is 0 Å². The molecule has 26 heavy (non-hydrogen) atoms. The van der Waals surface area contributed by atoms with Gasteiger partial charge in [0.25, 0.3) is 0 Å². The van der Waals surface area contributed by atoms with Crippen LogP contribution in [-0.4, -0.2) is 14.9 Å². The minimum atomic E-state index is -0.642. The quantitative estimate of drug-likeness (QED) is 0.408. The normalized spacial score (nSPS) is 10.4. The summed E-state index contributed by atoms with van der Waals surface area (Å²) in [5.41, 5.74) is 0.189. The van der Waals surface area contributed by atoms with Crippen molar-refractivity contribution in [1.82, 2.24) is 9.97 Å². The molecule has 2 N–H and O–H groups in total. The van der Waals surface area contributed by atoms with E-state index in [1.165, 1.54) is 12.1 Å². The highest BCUT2D eigenvalue weighted by Crippen LogP contribution is 2.34. The van der Waals surface area contributed by atoms with E-state index < -0.39 is 16.4 Å². The molecule has 0 unspecified atom stereocenters. The molecule has 132 valence electrons. The summed E-state index contributed by atoms with van der Waals surface area (Å²) < 4.78 is 14.6. The molecule has 0 saturated carbocycles. The van der Waals surface area contributed by atoms with Gasteiger partial charge in [0.2, 0.25) is 11.6 Å². The van der Waals surface area contributed by atoms with Gasteiger partial charge in [0.15, 0.2) is 0 Å². The van der Waals surface area contributed by atoms with Gasteiger partial charge in [0.1, 0.15) is 12.1 Å². The second kappa shape index (κ2) is 7.63. The molecule has 0 aliphatic rings. The Bertz CT molecular complexity index is 971. The van der Waals surface area contributed by atoms with Crippen molar-refractivity contribution in [3.8, 4) is 0 Å². The minimum Gasteiger partial charge on any atom is -0.334 e. The first-order valence-corrected chi connectivity index (χ1v) is 8.35. The van der Waals surface area contributed by atoms with Crippen LogP contribution in [0.1, 0.15) is 0 Å². The molecule has 10 heteroatoms. The van der Waals surface area contributed by atoms with E-state index in [0.29, 0.717) is 15.2 Å². The monoisotopic (exact) mass is 437 g/mol. The summed E-state index contributed by atoms with van der Waals surface area (Å²) in [5.74, 6) is -0.755. The summed E-state index contributed by atoms with van der Waals surface area (Å²) in [6.45, 7) is 0. The summed E-state index contributed by atoms with van der Waals surface area (Å²) in [4.78, 5) is 18.7. The molecule has 0 saturated heterocycles. The third kappa shape index (κ3) is 4.06. The van der Waals surface area contributed by atoms with Crippen molar-refractivity contribution in [2.24, 2.45) is 0 Å². The number of aromatic nitrogens is 2. The molecule has 3 aromatic rings. The number of hydrogen-bond donors (Lipinski definition) is 2. The zero-order valence-corrected chi connectivity index (χ0v) is 15.3. The Morgan fingerprint density at radius 3 is 2.35 bits per heavy atom. The van der Waals surface area contributed by atoms with Gasteiger partial charge in [-0.1, -0.05) is 27.5 Å². The molecule has 0 spiro atoms. The largest absolute Gasteiger partial charge is 0.353 e. The third-order valence-electron chi connectivity index (χ3n) is 3.30. The van der Waals surface area contributed by atoms with Crippen LogP contribution < -0.4 is 10.6 Å². The first-order chi connectivity index (χ1) is 12.4. The van der Waals surface area contributed by atoms with Gasteiger partial charge in [-0.05, 0) is 42.5 Å². The van der Waals surface area contributed by atoms with Crippen LogP contribution >= 0.6 is 27.5 Å². The summed E-state index contributed by atoms with van der Waals surface area (Å²) in [7, 11) is 0. The van der Waals surface area contributed by atoms with Crippen LogP contribution in [0.15, 0.2) is 53.3 Å². The molecular formula is C16H10BrClFN5O2. The highest BCUT2D eigenvalue weighted by atomic mass is 79.9. The number of anilines is 4. The molecule has 1 aromatic heterocycles. The van der Waals surface area contributed by atoms with Crippen LogP contribution in [0.5, 0.6) is 0 Å². The Morgan fingerprint density at radius 2 is 1.73 bits per heavy atom. The lowest BCUT2D eigenvalue weighted by Crippen LogP contribution is -2.06.